The smallest absolute Gasteiger partial charge is 0.319 e. The van der Waals surface area contributed by atoms with Crippen LogP contribution < -0.4 is 0 Å². The highest BCUT2D eigenvalue weighted by Crippen LogP contribution is 2.47. The van der Waals surface area contributed by atoms with Gasteiger partial charge in [0.05, 0.1) is 18.5 Å². The van der Waals surface area contributed by atoms with Gasteiger partial charge < -0.3 is 4.74 Å². The lowest BCUT2D eigenvalue weighted by Crippen LogP contribution is -2.25. The number of rotatable bonds is 3. The van der Waals surface area contributed by atoms with E-state index < -0.39 is 5.41 Å². The van der Waals surface area contributed by atoms with Gasteiger partial charge in [0, 0.05) is 11.9 Å². The fourth-order valence-electron chi connectivity index (χ4n) is 2.27. The monoisotopic (exact) mass is 269 g/mol. The largest absolute Gasteiger partial charge is 0.468 e. The van der Waals surface area contributed by atoms with E-state index in [1.165, 1.54) is 7.11 Å². The van der Waals surface area contributed by atoms with Gasteiger partial charge in [-0.2, -0.15) is 0 Å². The topological polar surface area (TPSA) is 65.0 Å². The van der Waals surface area contributed by atoms with Gasteiger partial charge in [0.25, 0.3) is 0 Å². The summed E-state index contributed by atoms with van der Waals surface area (Å²) < 4.78 is 4.88. The second kappa shape index (κ2) is 4.67. The van der Waals surface area contributed by atoms with Gasteiger partial charge in [0.15, 0.2) is 0 Å². The molecule has 5 heteroatoms. The van der Waals surface area contributed by atoms with Crippen LogP contribution in [0.3, 0.4) is 0 Å². The summed E-state index contributed by atoms with van der Waals surface area (Å²) in [6, 6.07) is 7.53. The number of hydrogen-bond acceptors (Lipinski definition) is 5. The van der Waals surface area contributed by atoms with Crippen molar-refractivity contribution < 1.29 is 9.53 Å². The average Bonchev–Trinajstić information content (AvgIpc) is 3.28. The molecule has 0 amide bonds. The van der Waals surface area contributed by atoms with Crippen LogP contribution in [0.1, 0.15) is 24.4 Å². The number of carbonyl (C=O) groups excluding carboxylic acids is 1. The van der Waals surface area contributed by atoms with Crippen LogP contribution in [0, 0.1) is 6.92 Å². The molecule has 1 fully saturated rings. The first-order chi connectivity index (χ1) is 9.65. The number of aryl methyl sites for hydroxylation is 1. The van der Waals surface area contributed by atoms with Crippen LogP contribution in [0.4, 0.5) is 0 Å². The molecular formula is C15H15N3O2. The first-order valence-corrected chi connectivity index (χ1v) is 6.52. The van der Waals surface area contributed by atoms with Gasteiger partial charge in [0.1, 0.15) is 11.2 Å². The Bertz CT molecular complexity index is 651. The van der Waals surface area contributed by atoms with Crippen LogP contribution in [0.25, 0.3) is 11.4 Å². The predicted molar refractivity (Wildman–Crippen MR) is 72.9 cm³/mol. The SMILES string of the molecule is COC(=O)C1(c2nc(C)cc(-c3ccccn3)n2)CC1. The van der Waals surface area contributed by atoms with E-state index in [2.05, 4.69) is 15.0 Å². The van der Waals surface area contributed by atoms with E-state index >= 15 is 0 Å². The molecule has 2 aromatic heterocycles. The van der Waals surface area contributed by atoms with Gasteiger partial charge in [-0.25, -0.2) is 9.97 Å². The predicted octanol–water partition coefficient (Wildman–Crippen LogP) is 2.05. The Morgan fingerprint density at radius 2 is 2.05 bits per heavy atom. The van der Waals surface area contributed by atoms with Crippen LogP contribution in [0.5, 0.6) is 0 Å². The molecule has 5 nitrogen and oxygen atoms in total. The molecule has 0 saturated heterocycles. The van der Waals surface area contributed by atoms with Gasteiger partial charge in [0.2, 0.25) is 0 Å². The molecule has 1 aliphatic carbocycles. The fourth-order valence-corrected chi connectivity index (χ4v) is 2.27. The lowest BCUT2D eigenvalue weighted by Gasteiger charge is -2.13. The molecule has 2 aromatic rings. The molecule has 0 aliphatic heterocycles. The molecule has 1 saturated carbocycles. The van der Waals surface area contributed by atoms with Crippen molar-refractivity contribution in [3.05, 3.63) is 42.0 Å². The van der Waals surface area contributed by atoms with Crippen molar-refractivity contribution in [2.75, 3.05) is 7.11 Å². The maximum Gasteiger partial charge on any atom is 0.319 e. The first kappa shape index (κ1) is 12.7. The molecule has 1 aliphatic rings. The van der Waals surface area contributed by atoms with E-state index in [0.29, 0.717) is 5.82 Å². The van der Waals surface area contributed by atoms with Gasteiger partial charge in [-0.1, -0.05) is 6.07 Å². The van der Waals surface area contributed by atoms with E-state index in [4.69, 9.17) is 4.74 Å². The molecule has 0 bridgehead atoms. The number of hydrogen-bond donors (Lipinski definition) is 0. The highest BCUT2D eigenvalue weighted by molar-refractivity contribution is 5.85. The minimum Gasteiger partial charge on any atom is -0.468 e. The summed E-state index contributed by atoms with van der Waals surface area (Å²) in [5.41, 5.74) is 1.69. The highest BCUT2D eigenvalue weighted by atomic mass is 16.5. The Hall–Kier alpha value is -2.30. The number of methoxy groups -OCH3 is 1. The van der Waals surface area contributed by atoms with Crippen LogP contribution in [-0.2, 0) is 14.9 Å². The molecule has 20 heavy (non-hydrogen) atoms. The number of ether oxygens (including phenoxy) is 1. The fraction of sp³-hybridized carbons (Fsp3) is 0.333. The second-order valence-corrected chi connectivity index (χ2v) is 5.01. The van der Waals surface area contributed by atoms with Crippen molar-refractivity contribution in [1.82, 2.24) is 15.0 Å². The summed E-state index contributed by atoms with van der Waals surface area (Å²) in [5, 5.41) is 0. The van der Waals surface area contributed by atoms with Crippen LogP contribution in [-0.4, -0.2) is 28.0 Å². The Balaban J connectivity index is 2.07. The summed E-state index contributed by atoms with van der Waals surface area (Å²) in [5.74, 6) is 0.292. The van der Waals surface area contributed by atoms with E-state index in [1.54, 1.807) is 6.20 Å². The molecule has 0 radical (unpaired) electrons. The Morgan fingerprint density at radius 3 is 2.65 bits per heavy atom. The normalized spacial score (nSPS) is 15.7. The molecule has 0 atom stereocenters. The maximum atomic E-state index is 11.9. The third kappa shape index (κ3) is 2.05. The summed E-state index contributed by atoms with van der Waals surface area (Å²) in [4.78, 5) is 25.2. The van der Waals surface area contributed by atoms with E-state index in [0.717, 1.165) is 29.9 Å². The van der Waals surface area contributed by atoms with E-state index in [9.17, 15) is 4.79 Å². The maximum absolute atomic E-state index is 11.9. The first-order valence-electron chi connectivity index (χ1n) is 6.52. The van der Waals surface area contributed by atoms with Crippen molar-refractivity contribution in [2.24, 2.45) is 0 Å². The molecule has 2 heterocycles. The van der Waals surface area contributed by atoms with Gasteiger partial charge in [-0.3, -0.25) is 9.78 Å². The number of esters is 1. The summed E-state index contributed by atoms with van der Waals surface area (Å²) in [6.07, 6.45) is 3.20. The van der Waals surface area contributed by atoms with Gasteiger partial charge in [-0.05, 0) is 38.0 Å². The summed E-state index contributed by atoms with van der Waals surface area (Å²) in [6.45, 7) is 1.89. The summed E-state index contributed by atoms with van der Waals surface area (Å²) >= 11 is 0. The molecule has 3 rings (SSSR count). The molecule has 0 spiro atoms. The minimum atomic E-state index is -0.649. The Labute approximate surface area is 117 Å². The van der Waals surface area contributed by atoms with Crippen molar-refractivity contribution in [3.63, 3.8) is 0 Å². The molecule has 0 aromatic carbocycles. The zero-order chi connectivity index (χ0) is 14.2. The average molecular weight is 269 g/mol. The Morgan fingerprint density at radius 1 is 1.25 bits per heavy atom. The lowest BCUT2D eigenvalue weighted by atomic mass is 10.1. The number of pyridine rings is 1. The standard InChI is InChI=1S/C15H15N3O2/c1-10-9-12(11-5-3-4-8-16-11)18-13(17-10)15(6-7-15)14(19)20-2/h3-5,8-9H,6-7H2,1-2H3. The number of carbonyl (C=O) groups is 1. The van der Waals surface area contributed by atoms with Gasteiger partial charge >= 0.3 is 5.97 Å². The van der Waals surface area contributed by atoms with Crippen molar-refractivity contribution in [3.8, 4) is 11.4 Å². The Kier molecular flexibility index (Phi) is 2.97. The summed E-state index contributed by atoms with van der Waals surface area (Å²) in [7, 11) is 1.40. The number of aromatic nitrogens is 3. The zero-order valence-corrected chi connectivity index (χ0v) is 11.5. The van der Waals surface area contributed by atoms with Crippen molar-refractivity contribution >= 4 is 5.97 Å². The quantitative estimate of drug-likeness (QED) is 0.798. The third-order valence-corrected chi connectivity index (χ3v) is 3.54. The number of nitrogens with zero attached hydrogens (tertiary/aromatic N) is 3. The van der Waals surface area contributed by atoms with Crippen LogP contribution >= 0.6 is 0 Å². The van der Waals surface area contributed by atoms with E-state index in [-0.39, 0.29) is 5.97 Å². The van der Waals surface area contributed by atoms with Crippen LogP contribution in [0.15, 0.2) is 30.5 Å². The molecule has 0 N–H and O–H groups in total. The molecule has 0 unspecified atom stereocenters. The minimum absolute atomic E-state index is 0.255. The molecule has 102 valence electrons. The third-order valence-electron chi connectivity index (χ3n) is 3.54. The lowest BCUT2D eigenvalue weighted by molar-refractivity contribution is -0.143. The van der Waals surface area contributed by atoms with Crippen LogP contribution in [0.2, 0.25) is 0 Å². The van der Waals surface area contributed by atoms with E-state index in [1.807, 2.05) is 31.2 Å². The van der Waals surface area contributed by atoms with Crippen molar-refractivity contribution in [1.29, 1.82) is 0 Å². The van der Waals surface area contributed by atoms with Crippen molar-refractivity contribution in [2.45, 2.75) is 25.2 Å². The molecular weight excluding hydrogens is 254 g/mol. The zero-order valence-electron chi connectivity index (χ0n) is 11.5. The van der Waals surface area contributed by atoms with Gasteiger partial charge in [-0.15, -0.1) is 0 Å². The highest BCUT2D eigenvalue weighted by Gasteiger charge is 2.55. The second-order valence-electron chi connectivity index (χ2n) is 5.01.